The average Bonchev–Trinajstić information content (AvgIpc) is 3.29. The molecule has 1 saturated heterocycles. The first-order valence-electron chi connectivity index (χ1n) is 10.8. The number of hydrogen-bond donors (Lipinski definition) is 2. The molecule has 0 spiro atoms. The van der Waals surface area contributed by atoms with E-state index in [4.69, 9.17) is 4.74 Å². The summed E-state index contributed by atoms with van der Waals surface area (Å²) in [7, 11) is 1.68. The van der Waals surface area contributed by atoms with Crippen LogP contribution in [0.1, 0.15) is 67.0 Å². The zero-order chi connectivity index (χ0) is 20.1. The third-order valence-corrected chi connectivity index (χ3v) is 6.53. The van der Waals surface area contributed by atoms with Gasteiger partial charge in [0.25, 0.3) is 5.91 Å². The number of methoxy groups -OCH3 is 1. The van der Waals surface area contributed by atoms with E-state index in [0.717, 1.165) is 44.5 Å². The van der Waals surface area contributed by atoms with Crippen LogP contribution >= 0.6 is 0 Å². The molecule has 0 bridgehead atoms. The van der Waals surface area contributed by atoms with Crippen LogP contribution in [0.4, 0.5) is 0 Å². The van der Waals surface area contributed by atoms with Gasteiger partial charge in [-0.1, -0.05) is 36.6 Å². The van der Waals surface area contributed by atoms with Gasteiger partial charge < -0.3 is 15.4 Å². The molecule has 156 valence electrons. The van der Waals surface area contributed by atoms with Gasteiger partial charge in [-0.3, -0.25) is 4.79 Å². The Bertz CT molecular complexity index is 805. The molecule has 2 heterocycles. The largest absolute Gasteiger partial charge is 0.497 e. The Hall–Kier alpha value is -2.41. The summed E-state index contributed by atoms with van der Waals surface area (Å²) in [5, 5.41) is 14.9. The lowest BCUT2D eigenvalue weighted by Gasteiger charge is -2.38. The Labute approximate surface area is 172 Å². The lowest BCUT2D eigenvalue weighted by molar-refractivity contribution is 0.0931. The van der Waals surface area contributed by atoms with Crippen LogP contribution in [0, 0.1) is 0 Å². The zero-order valence-corrected chi connectivity index (χ0v) is 17.2. The molecule has 2 fully saturated rings. The summed E-state index contributed by atoms with van der Waals surface area (Å²) < 4.78 is 7.16. The highest BCUT2D eigenvalue weighted by atomic mass is 16.5. The predicted molar refractivity (Wildman–Crippen MR) is 111 cm³/mol. The molecule has 29 heavy (non-hydrogen) atoms. The fourth-order valence-electron chi connectivity index (χ4n) is 4.71. The van der Waals surface area contributed by atoms with Gasteiger partial charge in [-0.15, -0.1) is 5.10 Å². The van der Waals surface area contributed by atoms with Crippen molar-refractivity contribution < 1.29 is 9.53 Å². The van der Waals surface area contributed by atoms with E-state index < -0.39 is 0 Å². The van der Waals surface area contributed by atoms with Crippen molar-refractivity contribution in [1.29, 1.82) is 0 Å². The highest BCUT2D eigenvalue weighted by molar-refractivity contribution is 5.91. The first kappa shape index (κ1) is 19.9. The summed E-state index contributed by atoms with van der Waals surface area (Å²) >= 11 is 0. The number of piperidine rings is 1. The lowest BCUT2D eigenvalue weighted by atomic mass is 9.69. The second-order valence-corrected chi connectivity index (χ2v) is 8.32. The molecular weight excluding hydrogens is 366 g/mol. The van der Waals surface area contributed by atoms with Gasteiger partial charge in [-0.2, -0.15) is 0 Å². The normalized spacial score (nSPS) is 19.6. The van der Waals surface area contributed by atoms with Crippen molar-refractivity contribution in [2.75, 3.05) is 26.7 Å². The maximum Gasteiger partial charge on any atom is 0.273 e. The minimum Gasteiger partial charge on any atom is -0.497 e. The fourth-order valence-corrected chi connectivity index (χ4v) is 4.71. The molecule has 1 amide bonds. The Morgan fingerprint density at radius 1 is 1.21 bits per heavy atom. The molecule has 0 radical (unpaired) electrons. The van der Waals surface area contributed by atoms with Gasteiger partial charge >= 0.3 is 0 Å². The van der Waals surface area contributed by atoms with Crippen molar-refractivity contribution in [3.05, 3.63) is 41.7 Å². The maximum absolute atomic E-state index is 12.8. The highest BCUT2D eigenvalue weighted by Crippen LogP contribution is 2.39. The molecule has 0 unspecified atom stereocenters. The van der Waals surface area contributed by atoms with Gasteiger partial charge in [0.05, 0.1) is 19.3 Å². The Balaban J connectivity index is 1.44. The summed E-state index contributed by atoms with van der Waals surface area (Å²) in [6.07, 6.45) is 9.64. The van der Waals surface area contributed by atoms with E-state index in [2.05, 4.69) is 33.1 Å². The summed E-state index contributed by atoms with van der Waals surface area (Å²) in [5.74, 6) is 0.724. The van der Waals surface area contributed by atoms with Gasteiger partial charge in [0.2, 0.25) is 0 Å². The van der Waals surface area contributed by atoms with Crippen LogP contribution in [0.5, 0.6) is 5.75 Å². The number of carbonyl (C=O) groups excluding carboxylic acids is 1. The van der Waals surface area contributed by atoms with Gasteiger partial charge in [0.15, 0.2) is 5.69 Å². The van der Waals surface area contributed by atoms with E-state index in [1.807, 2.05) is 16.8 Å². The van der Waals surface area contributed by atoms with Crippen molar-refractivity contribution in [1.82, 2.24) is 25.6 Å². The third-order valence-electron chi connectivity index (χ3n) is 6.53. The van der Waals surface area contributed by atoms with Crippen LogP contribution in [0.3, 0.4) is 0 Å². The number of rotatable bonds is 6. The SMILES string of the molecule is COc1ccc(C2(CNC(=O)c3cn(C4CCNCC4)nn3)CCCCC2)cc1. The Kier molecular flexibility index (Phi) is 6.13. The van der Waals surface area contributed by atoms with Gasteiger partial charge in [-0.25, -0.2) is 4.68 Å². The predicted octanol–water partition coefficient (Wildman–Crippen LogP) is 2.84. The molecular formula is C22H31N5O2. The van der Waals surface area contributed by atoms with Gasteiger partial charge in [-0.05, 0) is 56.5 Å². The second kappa shape index (κ2) is 8.95. The number of aromatic nitrogens is 3. The molecule has 7 nitrogen and oxygen atoms in total. The van der Waals surface area contributed by atoms with E-state index in [0.29, 0.717) is 18.3 Å². The first-order chi connectivity index (χ1) is 14.2. The second-order valence-electron chi connectivity index (χ2n) is 8.32. The number of amides is 1. The summed E-state index contributed by atoms with van der Waals surface area (Å²) in [6.45, 7) is 2.59. The molecule has 2 aromatic rings. The number of nitrogens with zero attached hydrogens (tertiary/aromatic N) is 3. The third kappa shape index (κ3) is 4.45. The number of nitrogens with one attached hydrogen (secondary N) is 2. The minimum atomic E-state index is -0.136. The summed E-state index contributed by atoms with van der Waals surface area (Å²) in [4.78, 5) is 12.8. The van der Waals surface area contributed by atoms with Crippen molar-refractivity contribution in [2.24, 2.45) is 0 Å². The molecule has 2 aliphatic rings. The van der Waals surface area contributed by atoms with Gasteiger partial charge in [0.1, 0.15) is 5.75 Å². The van der Waals surface area contributed by atoms with Crippen molar-refractivity contribution in [3.8, 4) is 5.75 Å². The number of ether oxygens (including phenoxy) is 1. The van der Waals surface area contributed by atoms with Crippen molar-refractivity contribution >= 4 is 5.91 Å². The quantitative estimate of drug-likeness (QED) is 0.783. The Morgan fingerprint density at radius 2 is 1.93 bits per heavy atom. The van der Waals surface area contributed by atoms with Crippen LogP contribution in [-0.4, -0.2) is 47.6 Å². The maximum atomic E-state index is 12.8. The van der Waals surface area contributed by atoms with E-state index in [9.17, 15) is 4.79 Å². The highest BCUT2D eigenvalue weighted by Gasteiger charge is 2.34. The molecule has 1 aromatic carbocycles. The summed E-state index contributed by atoms with van der Waals surface area (Å²) in [5.41, 5.74) is 1.66. The van der Waals surface area contributed by atoms with Crippen LogP contribution in [0.15, 0.2) is 30.5 Å². The molecule has 1 aliphatic heterocycles. The number of hydrogen-bond acceptors (Lipinski definition) is 5. The fraction of sp³-hybridized carbons (Fsp3) is 0.591. The zero-order valence-electron chi connectivity index (χ0n) is 17.2. The van der Waals surface area contributed by atoms with E-state index in [1.165, 1.54) is 24.8 Å². The molecule has 0 atom stereocenters. The minimum absolute atomic E-state index is 0.0226. The molecule has 1 aromatic heterocycles. The van der Waals surface area contributed by atoms with Crippen LogP contribution < -0.4 is 15.4 Å². The van der Waals surface area contributed by atoms with Gasteiger partial charge in [0, 0.05) is 12.0 Å². The average molecular weight is 398 g/mol. The van der Waals surface area contributed by atoms with Crippen molar-refractivity contribution in [2.45, 2.75) is 56.4 Å². The lowest BCUT2D eigenvalue weighted by Crippen LogP contribution is -2.42. The first-order valence-corrected chi connectivity index (χ1v) is 10.8. The topological polar surface area (TPSA) is 81.1 Å². The van der Waals surface area contributed by atoms with E-state index in [-0.39, 0.29) is 11.3 Å². The molecule has 7 heteroatoms. The van der Waals surface area contributed by atoms with Crippen molar-refractivity contribution in [3.63, 3.8) is 0 Å². The summed E-state index contributed by atoms with van der Waals surface area (Å²) in [6, 6.07) is 8.64. The molecule has 1 saturated carbocycles. The van der Waals surface area contributed by atoms with E-state index in [1.54, 1.807) is 13.3 Å². The van der Waals surface area contributed by atoms with Crippen LogP contribution in [0.2, 0.25) is 0 Å². The molecule has 2 N–H and O–H groups in total. The molecule has 4 rings (SSSR count). The van der Waals surface area contributed by atoms with E-state index >= 15 is 0 Å². The smallest absolute Gasteiger partial charge is 0.273 e. The van der Waals surface area contributed by atoms with Crippen LogP contribution in [-0.2, 0) is 5.41 Å². The standard InChI is InChI=1S/C22H31N5O2/c1-29-19-7-5-17(6-8-19)22(11-3-2-4-12-22)16-24-21(28)20-15-27(26-25-20)18-9-13-23-14-10-18/h5-8,15,18,23H,2-4,9-14,16H2,1H3,(H,24,28). The van der Waals surface area contributed by atoms with Crippen LogP contribution in [0.25, 0.3) is 0 Å². The number of benzene rings is 1. The number of carbonyl (C=O) groups is 1. The monoisotopic (exact) mass is 397 g/mol. The molecule has 1 aliphatic carbocycles. The Morgan fingerprint density at radius 3 is 2.62 bits per heavy atom.